The number of carbonyl (C=O) groups is 1. The summed E-state index contributed by atoms with van der Waals surface area (Å²) in [6.45, 7) is 1.48. The van der Waals surface area contributed by atoms with Crippen molar-refractivity contribution in [3.8, 4) is 0 Å². The molecule has 1 aliphatic heterocycles. The molecule has 110 valence electrons. The number of amides is 1. The minimum absolute atomic E-state index is 0.0149. The zero-order chi connectivity index (χ0) is 14.4. The maximum Gasteiger partial charge on any atom is 0.220 e. The second-order valence-corrected chi connectivity index (χ2v) is 6.04. The summed E-state index contributed by atoms with van der Waals surface area (Å²) in [5, 5.41) is 12.3. The molecule has 0 aromatic heterocycles. The highest BCUT2D eigenvalue weighted by Crippen LogP contribution is 2.19. The molecule has 2 atom stereocenters. The second-order valence-electron chi connectivity index (χ2n) is 5.12. The molecule has 20 heavy (non-hydrogen) atoms. The van der Waals surface area contributed by atoms with Crippen LogP contribution in [0.3, 0.4) is 0 Å². The van der Waals surface area contributed by atoms with E-state index in [4.69, 9.17) is 4.74 Å². The Labute approximate surface area is 127 Å². The predicted molar refractivity (Wildman–Crippen MR) is 80.3 cm³/mol. The molecule has 1 aromatic rings. The fraction of sp³-hybridized carbons (Fsp3) is 0.533. The van der Waals surface area contributed by atoms with Crippen LogP contribution in [-0.2, 0) is 9.53 Å². The van der Waals surface area contributed by atoms with Crippen molar-refractivity contribution in [3.63, 3.8) is 0 Å². The van der Waals surface area contributed by atoms with Crippen LogP contribution in [0.4, 0.5) is 0 Å². The van der Waals surface area contributed by atoms with Gasteiger partial charge in [-0.25, -0.2) is 0 Å². The summed E-state index contributed by atoms with van der Waals surface area (Å²) in [5.74, 6) is 0.486. The van der Waals surface area contributed by atoms with Gasteiger partial charge >= 0.3 is 0 Å². The number of halogens is 1. The zero-order valence-corrected chi connectivity index (χ0v) is 12.9. The van der Waals surface area contributed by atoms with Crippen LogP contribution in [0.1, 0.15) is 30.9 Å². The van der Waals surface area contributed by atoms with Gasteiger partial charge in [0.1, 0.15) is 0 Å². The van der Waals surface area contributed by atoms with Crippen molar-refractivity contribution in [1.82, 2.24) is 5.32 Å². The maximum atomic E-state index is 11.9. The van der Waals surface area contributed by atoms with Crippen molar-refractivity contribution < 1.29 is 14.6 Å². The molecule has 1 aromatic carbocycles. The Kier molecular flexibility index (Phi) is 6.01. The monoisotopic (exact) mass is 341 g/mol. The van der Waals surface area contributed by atoms with Crippen LogP contribution in [0.5, 0.6) is 0 Å². The van der Waals surface area contributed by atoms with E-state index in [1.807, 2.05) is 24.3 Å². The van der Waals surface area contributed by atoms with Crippen LogP contribution in [0.15, 0.2) is 28.7 Å². The third kappa shape index (κ3) is 4.58. The summed E-state index contributed by atoms with van der Waals surface area (Å²) in [6.07, 6.45) is 2.38. The van der Waals surface area contributed by atoms with Gasteiger partial charge in [0.25, 0.3) is 0 Å². The minimum atomic E-state index is -0.338. The summed E-state index contributed by atoms with van der Waals surface area (Å²) < 4.78 is 6.27. The molecule has 1 aliphatic rings. The van der Waals surface area contributed by atoms with Crippen molar-refractivity contribution in [2.45, 2.75) is 25.3 Å². The van der Waals surface area contributed by atoms with Crippen LogP contribution in [0.2, 0.25) is 0 Å². The summed E-state index contributed by atoms with van der Waals surface area (Å²) in [7, 11) is 0. The van der Waals surface area contributed by atoms with E-state index in [1.54, 1.807) is 0 Å². The van der Waals surface area contributed by atoms with Gasteiger partial charge in [-0.3, -0.25) is 4.79 Å². The molecule has 4 nitrogen and oxygen atoms in total. The van der Waals surface area contributed by atoms with Crippen molar-refractivity contribution in [1.29, 1.82) is 0 Å². The number of nitrogens with one attached hydrogen (secondary N) is 1. The highest BCUT2D eigenvalue weighted by molar-refractivity contribution is 9.10. The predicted octanol–water partition coefficient (Wildman–Crippen LogP) is 2.42. The molecule has 2 N–H and O–H groups in total. The third-order valence-corrected chi connectivity index (χ3v) is 4.12. The number of hydrogen-bond donors (Lipinski definition) is 2. The Morgan fingerprint density at radius 3 is 2.80 bits per heavy atom. The van der Waals surface area contributed by atoms with Crippen LogP contribution < -0.4 is 5.32 Å². The van der Waals surface area contributed by atoms with Crippen LogP contribution in [-0.4, -0.2) is 30.8 Å². The van der Waals surface area contributed by atoms with E-state index in [0.717, 1.165) is 36.1 Å². The Hall–Kier alpha value is -0.910. The highest BCUT2D eigenvalue weighted by atomic mass is 79.9. The standard InChI is InChI=1S/C15H20BrNO3/c16-13-4-2-12(3-5-13)14(9-18)17-15(19)6-1-11-7-8-20-10-11/h2-5,11,14,18H,1,6-10H2,(H,17,19)/t11-,14+/m0/s1. The lowest BCUT2D eigenvalue weighted by Gasteiger charge is -2.17. The molecule has 5 heteroatoms. The Morgan fingerprint density at radius 1 is 1.45 bits per heavy atom. The van der Waals surface area contributed by atoms with E-state index in [-0.39, 0.29) is 18.6 Å². The molecule has 1 saturated heterocycles. The Balaban J connectivity index is 1.82. The van der Waals surface area contributed by atoms with Gasteiger partial charge in [0, 0.05) is 24.1 Å². The number of rotatable bonds is 6. The van der Waals surface area contributed by atoms with Gasteiger partial charge in [-0.05, 0) is 36.5 Å². The second kappa shape index (κ2) is 7.76. The number of carbonyl (C=O) groups excluding carboxylic acids is 1. The van der Waals surface area contributed by atoms with Crippen molar-refractivity contribution >= 4 is 21.8 Å². The average Bonchev–Trinajstić information content (AvgIpc) is 2.97. The van der Waals surface area contributed by atoms with E-state index in [2.05, 4.69) is 21.2 Å². The van der Waals surface area contributed by atoms with Gasteiger partial charge in [-0.1, -0.05) is 28.1 Å². The summed E-state index contributed by atoms with van der Waals surface area (Å²) >= 11 is 3.37. The molecular formula is C15H20BrNO3. The van der Waals surface area contributed by atoms with Crippen molar-refractivity contribution in [2.24, 2.45) is 5.92 Å². The van der Waals surface area contributed by atoms with E-state index in [0.29, 0.717) is 12.3 Å². The number of hydrogen-bond acceptors (Lipinski definition) is 3. The van der Waals surface area contributed by atoms with Crippen LogP contribution in [0.25, 0.3) is 0 Å². The largest absolute Gasteiger partial charge is 0.394 e. The van der Waals surface area contributed by atoms with Gasteiger partial charge in [-0.2, -0.15) is 0 Å². The molecule has 0 unspecified atom stereocenters. The molecule has 0 bridgehead atoms. The van der Waals surface area contributed by atoms with Crippen molar-refractivity contribution in [2.75, 3.05) is 19.8 Å². The topological polar surface area (TPSA) is 58.6 Å². The lowest BCUT2D eigenvalue weighted by atomic mass is 10.0. The van der Waals surface area contributed by atoms with Gasteiger partial charge in [-0.15, -0.1) is 0 Å². The summed E-state index contributed by atoms with van der Waals surface area (Å²) in [4.78, 5) is 11.9. The smallest absolute Gasteiger partial charge is 0.220 e. The molecule has 0 spiro atoms. The van der Waals surface area contributed by atoms with Gasteiger partial charge in [0.05, 0.1) is 12.6 Å². The van der Waals surface area contributed by atoms with Gasteiger partial charge < -0.3 is 15.2 Å². The molecular weight excluding hydrogens is 322 g/mol. The van der Waals surface area contributed by atoms with E-state index < -0.39 is 0 Å². The molecule has 0 aliphatic carbocycles. The van der Waals surface area contributed by atoms with E-state index >= 15 is 0 Å². The quantitative estimate of drug-likeness (QED) is 0.835. The first kappa shape index (κ1) is 15.5. The molecule has 1 heterocycles. The Morgan fingerprint density at radius 2 is 2.20 bits per heavy atom. The average molecular weight is 342 g/mol. The minimum Gasteiger partial charge on any atom is -0.394 e. The van der Waals surface area contributed by atoms with E-state index in [9.17, 15) is 9.90 Å². The fourth-order valence-corrected chi connectivity index (χ4v) is 2.61. The van der Waals surface area contributed by atoms with E-state index in [1.165, 1.54) is 0 Å². The van der Waals surface area contributed by atoms with Crippen LogP contribution >= 0.6 is 15.9 Å². The summed E-state index contributed by atoms with van der Waals surface area (Å²) in [6, 6.07) is 7.27. The maximum absolute atomic E-state index is 11.9. The molecule has 0 radical (unpaired) electrons. The summed E-state index contributed by atoms with van der Waals surface area (Å²) in [5.41, 5.74) is 0.910. The molecule has 2 rings (SSSR count). The lowest BCUT2D eigenvalue weighted by Crippen LogP contribution is -2.30. The molecule has 0 saturated carbocycles. The van der Waals surface area contributed by atoms with Gasteiger partial charge in [0.2, 0.25) is 5.91 Å². The number of aliphatic hydroxyl groups excluding tert-OH is 1. The highest BCUT2D eigenvalue weighted by Gasteiger charge is 2.18. The lowest BCUT2D eigenvalue weighted by molar-refractivity contribution is -0.122. The Bertz CT molecular complexity index is 429. The number of ether oxygens (including phenoxy) is 1. The number of benzene rings is 1. The molecule has 1 fully saturated rings. The van der Waals surface area contributed by atoms with Crippen molar-refractivity contribution in [3.05, 3.63) is 34.3 Å². The third-order valence-electron chi connectivity index (χ3n) is 3.59. The SMILES string of the molecule is O=C(CC[C@H]1CCOC1)N[C@H](CO)c1ccc(Br)cc1. The number of aliphatic hydroxyl groups is 1. The fourth-order valence-electron chi connectivity index (χ4n) is 2.34. The first-order valence-corrected chi connectivity index (χ1v) is 7.71. The zero-order valence-electron chi connectivity index (χ0n) is 11.3. The van der Waals surface area contributed by atoms with Gasteiger partial charge in [0.15, 0.2) is 0 Å². The normalized spacial score (nSPS) is 19.8. The first-order chi connectivity index (χ1) is 9.69. The molecule has 1 amide bonds. The van der Waals surface area contributed by atoms with Crippen LogP contribution in [0, 0.1) is 5.92 Å². The first-order valence-electron chi connectivity index (χ1n) is 6.92.